The number of carbonyl (C=O) groups is 3. The monoisotopic (exact) mass is 475 g/mol. The lowest BCUT2D eigenvalue weighted by molar-refractivity contribution is -0.186. The van der Waals surface area contributed by atoms with Gasteiger partial charge in [0.25, 0.3) is 0 Å². The van der Waals surface area contributed by atoms with Crippen molar-refractivity contribution in [1.29, 1.82) is 0 Å². The molecular formula is C23H25NO8S. The van der Waals surface area contributed by atoms with Crippen molar-refractivity contribution in [1.82, 2.24) is 4.98 Å². The Balaban J connectivity index is 1.78. The van der Waals surface area contributed by atoms with E-state index in [4.69, 9.17) is 23.7 Å². The van der Waals surface area contributed by atoms with Gasteiger partial charge in [-0.1, -0.05) is 0 Å². The van der Waals surface area contributed by atoms with Crippen LogP contribution in [0, 0.1) is 0 Å². The van der Waals surface area contributed by atoms with Gasteiger partial charge in [0.1, 0.15) is 11.5 Å². The van der Waals surface area contributed by atoms with Gasteiger partial charge in [-0.05, 0) is 36.4 Å². The van der Waals surface area contributed by atoms with Crippen LogP contribution >= 0.6 is 11.8 Å². The number of carbonyl (C=O) groups excluding carboxylic acids is 3. The summed E-state index contributed by atoms with van der Waals surface area (Å²) < 4.78 is 27.3. The highest BCUT2D eigenvalue weighted by Crippen LogP contribution is 2.34. The van der Waals surface area contributed by atoms with Gasteiger partial charge >= 0.3 is 17.9 Å². The molecule has 1 unspecified atom stereocenters. The van der Waals surface area contributed by atoms with Gasteiger partial charge < -0.3 is 23.7 Å². The first-order valence-corrected chi connectivity index (χ1v) is 11.2. The summed E-state index contributed by atoms with van der Waals surface area (Å²) in [5.41, 5.74) is 0.940. The molecule has 2 aromatic rings. The second kappa shape index (κ2) is 11.0. The first-order chi connectivity index (χ1) is 15.8. The van der Waals surface area contributed by atoms with Gasteiger partial charge in [0.15, 0.2) is 23.7 Å². The van der Waals surface area contributed by atoms with Crippen LogP contribution in [0.15, 0.2) is 42.6 Å². The van der Waals surface area contributed by atoms with Gasteiger partial charge in [-0.2, -0.15) is 0 Å². The first-order valence-electron chi connectivity index (χ1n) is 10.2. The van der Waals surface area contributed by atoms with Crippen molar-refractivity contribution >= 4 is 29.7 Å². The molecule has 1 aliphatic heterocycles. The van der Waals surface area contributed by atoms with E-state index in [1.54, 1.807) is 25.4 Å². The standard InChI is InChI=1S/C23H25NO8S/c1-13(25)29-20-12-33-23(22(31-15(3)27)21(20)30-14(2)26)32-18-9-10-19(24-11-18)16-5-7-17(28-4)8-6-16/h5-11,20-23H,12H2,1-4H3/t20-,21+,22-,23?/m1/s1. The number of ether oxygens (including phenoxy) is 5. The lowest BCUT2D eigenvalue weighted by Gasteiger charge is -2.39. The van der Waals surface area contributed by atoms with E-state index in [-0.39, 0.29) is 5.75 Å². The number of hydrogen-bond donors (Lipinski definition) is 0. The molecule has 1 aromatic carbocycles. The smallest absolute Gasteiger partial charge is 0.303 e. The maximum Gasteiger partial charge on any atom is 0.303 e. The number of hydrogen-bond acceptors (Lipinski definition) is 10. The molecule has 4 atom stereocenters. The van der Waals surface area contributed by atoms with Crippen molar-refractivity contribution in [3.8, 4) is 22.8 Å². The highest BCUT2D eigenvalue weighted by molar-refractivity contribution is 7.99. The third-order valence-corrected chi connectivity index (χ3v) is 5.89. The van der Waals surface area contributed by atoms with Gasteiger partial charge in [0.2, 0.25) is 0 Å². The zero-order valence-electron chi connectivity index (χ0n) is 18.7. The molecule has 0 radical (unpaired) electrons. The number of esters is 3. The minimum Gasteiger partial charge on any atom is -0.497 e. The number of pyridine rings is 1. The number of benzene rings is 1. The summed E-state index contributed by atoms with van der Waals surface area (Å²) in [5.74, 6) is -0.226. The molecule has 1 aliphatic rings. The summed E-state index contributed by atoms with van der Waals surface area (Å²) in [7, 11) is 1.60. The van der Waals surface area contributed by atoms with Crippen molar-refractivity contribution in [2.75, 3.05) is 12.9 Å². The molecule has 2 heterocycles. The number of thioether (sulfide) groups is 1. The average molecular weight is 476 g/mol. The fourth-order valence-electron chi connectivity index (χ4n) is 3.33. The minimum atomic E-state index is -1.01. The van der Waals surface area contributed by atoms with Gasteiger partial charge in [-0.3, -0.25) is 19.4 Å². The van der Waals surface area contributed by atoms with Crippen LogP contribution in [-0.4, -0.2) is 59.5 Å². The van der Waals surface area contributed by atoms with Crippen molar-refractivity contribution in [2.24, 2.45) is 0 Å². The molecule has 176 valence electrons. The predicted molar refractivity (Wildman–Crippen MR) is 120 cm³/mol. The second-order valence-electron chi connectivity index (χ2n) is 7.22. The van der Waals surface area contributed by atoms with Crippen LogP contribution in [-0.2, 0) is 28.6 Å². The molecular weight excluding hydrogens is 450 g/mol. The Morgan fingerprint density at radius 2 is 1.45 bits per heavy atom. The van der Waals surface area contributed by atoms with Gasteiger partial charge in [-0.15, -0.1) is 11.8 Å². The predicted octanol–water partition coefficient (Wildman–Crippen LogP) is 3.00. The maximum atomic E-state index is 11.8. The third kappa shape index (κ3) is 6.61. The van der Waals surface area contributed by atoms with Crippen LogP contribution in [0.5, 0.6) is 11.5 Å². The summed E-state index contributed by atoms with van der Waals surface area (Å²) in [4.78, 5) is 39.4. The molecule has 0 bridgehead atoms. The highest BCUT2D eigenvalue weighted by atomic mass is 32.2. The first kappa shape index (κ1) is 24.4. The number of rotatable bonds is 7. The lowest BCUT2D eigenvalue weighted by atomic mass is 10.1. The van der Waals surface area contributed by atoms with E-state index in [1.807, 2.05) is 24.3 Å². The molecule has 33 heavy (non-hydrogen) atoms. The minimum absolute atomic E-state index is 0.289. The quantitative estimate of drug-likeness (QED) is 0.438. The summed E-state index contributed by atoms with van der Waals surface area (Å²) in [6.45, 7) is 3.73. The Bertz CT molecular complexity index is 979. The number of aromatic nitrogens is 1. The summed E-state index contributed by atoms with van der Waals surface area (Å²) in [6.07, 6.45) is -1.22. The van der Waals surface area contributed by atoms with E-state index in [9.17, 15) is 14.4 Å². The van der Waals surface area contributed by atoms with E-state index in [0.29, 0.717) is 5.75 Å². The van der Waals surface area contributed by atoms with Gasteiger partial charge in [0.05, 0.1) is 19.0 Å². The van der Waals surface area contributed by atoms with E-state index in [0.717, 1.165) is 17.0 Å². The van der Waals surface area contributed by atoms with Crippen LogP contribution in [0.2, 0.25) is 0 Å². The van der Waals surface area contributed by atoms with Crippen molar-refractivity contribution in [3.63, 3.8) is 0 Å². The van der Waals surface area contributed by atoms with Gasteiger partial charge in [-0.25, -0.2) is 0 Å². The Kier molecular flexibility index (Phi) is 8.16. The zero-order chi connectivity index (χ0) is 24.0. The molecule has 0 N–H and O–H groups in total. The van der Waals surface area contributed by atoms with Crippen molar-refractivity contribution in [3.05, 3.63) is 42.6 Å². The Labute approximate surface area is 195 Å². The molecule has 0 saturated carbocycles. The molecule has 1 fully saturated rings. The third-order valence-electron chi connectivity index (χ3n) is 4.68. The Morgan fingerprint density at radius 3 is 2.00 bits per heavy atom. The molecule has 0 amide bonds. The average Bonchev–Trinajstić information content (AvgIpc) is 2.77. The van der Waals surface area contributed by atoms with E-state index in [2.05, 4.69) is 4.98 Å². The second-order valence-corrected chi connectivity index (χ2v) is 8.35. The number of nitrogens with zero attached hydrogens (tertiary/aromatic N) is 1. The van der Waals surface area contributed by atoms with Crippen LogP contribution < -0.4 is 9.47 Å². The van der Waals surface area contributed by atoms with Crippen molar-refractivity contribution in [2.45, 2.75) is 44.5 Å². The lowest BCUT2D eigenvalue weighted by Crippen LogP contribution is -2.55. The summed E-state index contributed by atoms with van der Waals surface area (Å²) >= 11 is 1.28. The Hall–Kier alpha value is -3.27. The van der Waals surface area contributed by atoms with Crippen LogP contribution in [0.3, 0.4) is 0 Å². The summed E-state index contributed by atoms with van der Waals surface area (Å²) in [5, 5.41) is 0. The van der Waals surface area contributed by atoms with Crippen molar-refractivity contribution < 1.29 is 38.1 Å². The van der Waals surface area contributed by atoms with Gasteiger partial charge in [0, 0.05) is 32.1 Å². The highest BCUT2D eigenvalue weighted by Gasteiger charge is 2.47. The number of methoxy groups -OCH3 is 1. The fraction of sp³-hybridized carbons (Fsp3) is 0.391. The summed E-state index contributed by atoms with van der Waals surface area (Å²) in [6, 6.07) is 11.0. The molecule has 3 rings (SSSR count). The van der Waals surface area contributed by atoms with Crippen LogP contribution in [0.4, 0.5) is 0 Å². The van der Waals surface area contributed by atoms with E-state index >= 15 is 0 Å². The van der Waals surface area contributed by atoms with Crippen LogP contribution in [0.1, 0.15) is 20.8 Å². The molecule has 1 saturated heterocycles. The molecule has 9 nitrogen and oxygen atoms in total. The Morgan fingerprint density at radius 1 is 0.848 bits per heavy atom. The van der Waals surface area contributed by atoms with E-state index < -0.39 is 41.7 Å². The fourth-order valence-corrected chi connectivity index (χ4v) is 4.54. The molecule has 10 heteroatoms. The van der Waals surface area contributed by atoms with E-state index in [1.165, 1.54) is 32.5 Å². The molecule has 0 aliphatic carbocycles. The topological polar surface area (TPSA) is 110 Å². The maximum absolute atomic E-state index is 11.8. The SMILES string of the molecule is COc1ccc(-c2ccc(OC3SC[C@@H](OC(C)=O)[C@H](OC(C)=O)[C@H]3OC(C)=O)cn2)cc1. The molecule has 0 spiro atoms. The normalized spacial score (nSPS) is 22.1. The zero-order valence-corrected chi connectivity index (χ0v) is 19.5. The van der Waals surface area contributed by atoms with Crippen LogP contribution in [0.25, 0.3) is 11.3 Å². The largest absolute Gasteiger partial charge is 0.497 e. The molecule has 1 aromatic heterocycles.